The molecule has 0 spiro atoms. The maximum atomic E-state index is 12.5. The molecular formula is C23H18N2O2S. The molecule has 0 fully saturated rings. The highest BCUT2D eigenvalue weighted by Crippen LogP contribution is 2.25. The van der Waals surface area contributed by atoms with Crippen molar-refractivity contribution in [2.24, 2.45) is 0 Å². The van der Waals surface area contributed by atoms with Crippen LogP contribution in [0.25, 0.3) is 11.3 Å². The predicted octanol–water partition coefficient (Wildman–Crippen LogP) is 5.64. The maximum Gasteiger partial charge on any atom is 0.257 e. The molecule has 0 bridgehead atoms. The first-order chi connectivity index (χ1) is 13.8. The molecule has 0 radical (unpaired) electrons. The van der Waals surface area contributed by atoms with E-state index in [0.29, 0.717) is 17.3 Å². The normalized spacial score (nSPS) is 10.4. The number of benzene rings is 3. The molecule has 1 aromatic heterocycles. The smallest absolute Gasteiger partial charge is 0.257 e. The average Bonchev–Trinajstić information content (AvgIpc) is 3.22. The molecule has 4 aromatic rings. The summed E-state index contributed by atoms with van der Waals surface area (Å²) in [4.78, 5) is 17.0. The van der Waals surface area contributed by atoms with E-state index in [9.17, 15) is 4.79 Å². The highest BCUT2D eigenvalue weighted by molar-refractivity contribution is 7.14. The van der Waals surface area contributed by atoms with Gasteiger partial charge in [-0.2, -0.15) is 0 Å². The third-order valence-electron chi connectivity index (χ3n) is 4.16. The molecule has 1 heterocycles. The van der Waals surface area contributed by atoms with Crippen LogP contribution in [0.2, 0.25) is 0 Å². The number of nitrogens with one attached hydrogen (secondary N) is 1. The van der Waals surface area contributed by atoms with Gasteiger partial charge in [-0.25, -0.2) is 4.98 Å². The minimum absolute atomic E-state index is 0.176. The first-order valence-corrected chi connectivity index (χ1v) is 9.75. The van der Waals surface area contributed by atoms with Gasteiger partial charge in [0.1, 0.15) is 12.4 Å². The van der Waals surface area contributed by atoms with Gasteiger partial charge in [0.25, 0.3) is 5.91 Å². The van der Waals surface area contributed by atoms with Crippen LogP contribution in [-0.2, 0) is 6.61 Å². The highest BCUT2D eigenvalue weighted by atomic mass is 32.1. The Morgan fingerprint density at radius 3 is 2.29 bits per heavy atom. The number of para-hydroxylation sites is 1. The van der Waals surface area contributed by atoms with E-state index in [0.717, 1.165) is 22.6 Å². The zero-order valence-electron chi connectivity index (χ0n) is 15.0. The van der Waals surface area contributed by atoms with E-state index in [1.165, 1.54) is 11.3 Å². The van der Waals surface area contributed by atoms with Crippen molar-refractivity contribution < 1.29 is 9.53 Å². The predicted molar refractivity (Wildman–Crippen MR) is 113 cm³/mol. The number of carbonyl (C=O) groups excluding carboxylic acids is 1. The number of rotatable bonds is 6. The fraction of sp³-hybridized carbons (Fsp3) is 0.0435. The Labute approximate surface area is 167 Å². The van der Waals surface area contributed by atoms with E-state index >= 15 is 0 Å². The number of carbonyl (C=O) groups is 1. The number of hydrogen-bond acceptors (Lipinski definition) is 4. The lowest BCUT2D eigenvalue weighted by Crippen LogP contribution is -2.11. The van der Waals surface area contributed by atoms with Gasteiger partial charge in [-0.1, -0.05) is 60.7 Å². The summed E-state index contributed by atoms with van der Waals surface area (Å²) in [6.07, 6.45) is 0. The topological polar surface area (TPSA) is 51.2 Å². The van der Waals surface area contributed by atoms with E-state index in [1.807, 2.05) is 78.2 Å². The molecule has 4 nitrogen and oxygen atoms in total. The number of ether oxygens (including phenoxy) is 1. The fourth-order valence-electron chi connectivity index (χ4n) is 2.68. The van der Waals surface area contributed by atoms with E-state index in [-0.39, 0.29) is 5.91 Å². The first kappa shape index (κ1) is 17.9. The van der Waals surface area contributed by atoms with Gasteiger partial charge in [0.05, 0.1) is 5.69 Å². The molecule has 4 rings (SSSR count). The van der Waals surface area contributed by atoms with Gasteiger partial charge in [-0.3, -0.25) is 10.1 Å². The van der Waals surface area contributed by atoms with Crippen LogP contribution in [0.5, 0.6) is 5.75 Å². The molecule has 0 saturated carbocycles. The third-order valence-corrected chi connectivity index (χ3v) is 4.92. The van der Waals surface area contributed by atoms with Crippen LogP contribution < -0.4 is 10.1 Å². The number of aromatic nitrogens is 1. The molecule has 1 N–H and O–H groups in total. The van der Waals surface area contributed by atoms with E-state index < -0.39 is 0 Å². The number of thiazole rings is 1. The van der Waals surface area contributed by atoms with Gasteiger partial charge < -0.3 is 4.74 Å². The van der Waals surface area contributed by atoms with Crippen molar-refractivity contribution in [3.63, 3.8) is 0 Å². The standard InChI is InChI=1S/C23H18N2O2S/c26-22(25-23-24-21(16-28-23)18-7-3-1-4-8-18)19-13-11-17(12-14-19)15-27-20-9-5-2-6-10-20/h1-14,16H,15H2,(H,24,25,26). The molecule has 0 atom stereocenters. The SMILES string of the molecule is O=C(Nc1nc(-c2ccccc2)cs1)c1ccc(COc2ccccc2)cc1. The Hall–Kier alpha value is -3.44. The molecule has 1 amide bonds. The van der Waals surface area contributed by atoms with Crippen LogP contribution in [0, 0.1) is 0 Å². The van der Waals surface area contributed by atoms with Crippen LogP contribution in [-0.4, -0.2) is 10.9 Å². The maximum absolute atomic E-state index is 12.5. The largest absolute Gasteiger partial charge is 0.489 e. The molecule has 0 unspecified atom stereocenters. The molecule has 28 heavy (non-hydrogen) atoms. The van der Waals surface area contributed by atoms with Gasteiger partial charge in [-0.15, -0.1) is 11.3 Å². The van der Waals surface area contributed by atoms with Crippen LogP contribution in [0.1, 0.15) is 15.9 Å². The Balaban J connectivity index is 1.37. The summed E-state index contributed by atoms with van der Waals surface area (Å²) in [5.41, 5.74) is 3.47. The van der Waals surface area contributed by atoms with Gasteiger partial charge in [-0.05, 0) is 29.8 Å². The lowest BCUT2D eigenvalue weighted by atomic mass is 10.1. The Bertz CT molecular complexity index is 1040. The van der Waals surface area contributed by atoms with Gasteiger partial charge in [0.2, 0.25) is 0 Å². The number of hydrogen-bond donors (Lipinski definition) is 1. The van der Waals surface area contributed by atoms with Crippen molar-refractivity contribution in [3.05, 3.63) is 101 Å². The summed E-state index contributed by atoms with van der Waals surface area (Å²) in [7, 11) is 0. The summed E-state index contributed by atoms with van der Waals surface area (Å²) in [6.45, 7) is 0.457. The molecule has 0 saturated heterocycles. The Morgan fingerprint density at radius 1 is 0.893 bits per heavy atom. The Kier molecular flexibility index (Phi) is 5.45. The lowest BCUT2D eigenvalue weighted by Gasteiger charge is -2.07. The molecule has 138 valence electrons. The number of amides is 1. The van der Waals surface area contributed by atoms with Crippen molar-refractivity contribution in [3.8, 4) is 17.0 Å². The molecular weight excluding hydrogens is 368 g/mol. The third kappa shape index (κ3) is 4.45. The quantitative estimate of drug-likeness (QED) is 0.466. The highest BCUT2D eigenvalue weighted by Gasteiger charge is 2.10. The summed E-state index contributed by atoms with van der Waals surface area (Å²) in [5, 5.41) is 5.39. The van der Waals surface area contributed by atoms with Gasteiger partial charge >= 0.3 is 0 Å². The molecule has 3 aromatic carbocycles. The number of anilines is 1. The lowest BCUT2D eigenvalue weighted by molar-refractivity contribution is 0.102. The zero-order chi connectivity index (χ0) is 19.2. The van der Waals surface area contributed by atoms with Crippen molar-refractivity contribution in [2.75, 3.05) is 5.32 Å². The molecule has 0 aliphatic rings. The van der Waals surface area contributed by atoms with Crippen LogP contribution in [0.15, 0.2) is 90.3 Å². The van der Waals surface area contributed by atoms with Crippen molar-refractivity contribution in [2.45, 2.75) is 6.61 Å². The van der Waals surface area contributed by atoms with Crippen LogP contribution >= 0.6 is 11.3 Å². The molecule has 0 aliphatic carbocycles. The number of nitrogens with zero attached hydrogens (tertiary/aromatic N) is 1. The molecule has 5 heteroatoms. The van der Waals surface area contributed by atoms with Crippen LogP contribution in [0.3, 0.4) is 0 Å². The van der Waals surface area contributed by atoms with E-state index in [1.54, 1.807) is 12.1 Å². The minimum atomic E-state index is -0.176. The zero-order valence-corrected chi connectivity index (χ0v) is 15.9. The summed E-state index contributed by atoms with van der Waals surface area (Å²) in [5.74, 6) is 0.645. The average molecular weight is 386 g/mol. The summed E-state index contributed by atoms with van der Waals surface area (Å²) in [6, 6.07) is 26.9. The van der Waals surface area contributed by atoms with Gasteiger partial charge in [0.15, 0.2) is 5.13 Å². The second kappa shape index (κ2) is 8.50. The molecule has 0 aliphatic heterocycles. The van der Waals surface area contributed by atoms with E-state index in [4.69, 9.17) is 4.74 Å². The Morgan fingerprint density at radius 2 is 1.57 bits per heavy atom. The van der Waals surface area contributed by atoms with E-state index in [2.05, 4.69) is 10.3 Å². The second-order valence-electron chi connectivity index (χ2n) is 6.16. The van der Waals surface area contributed by atoms with Crippen LogP contribution in [0.4, 0.5) is 5.13 Å². The second-order valence-corrected chi connectivity index (χ2v) is 7.01. The minimum Gasteiger partial charge on any atom is -0.489 e. The van der Waals surface area contributed by atoms with Gasteiger partial charge in [0, 0.05) is 16.5 Å². The fourth-order valence-corrected chi connectivity index (χ4v) is 3.39. The van der Waals surface area contributed by atoms with Crippen molar-refractivity contribution in [1.29, 1.82) is 0 Å². The summed E-state index contributed by atoms with van der Waals surface area (Å²) < 4.78 is 5.72. The van der Waals surface area contributed by atoms with Crippen molar-refractivity contribution >= 4 is 22.4 Å². The first-order valence-electron chi connectivity index (χ1n) is 8.87. The summed E-state index contributed by atoms with van der Waals surface area (Å²) >= 11 is 1.41. The van der Waals surface area contributed by atoms with Crippen molar-refractivity contribution in [1.82, 2.24) is 4.98 Å². The monoisotopic (exact) mass is 386 g/mol.